The number of amides is 1. The van der Waals surface area contributed by atoms with Gasteiger partial charge in [0.15, 0.2) is 0 Å². The number of nitrogens with one attached hydrogen (secondary N) is 1. The quantitative estimate of drug-likeness (QED) is 0.761. The molecule has 3 aliphatic carbocycles. The van der Waals surface area contributed by atoms with E-state index in [1.165, 1.54) is 32.1 Å². The zero-order chi connectivity index (χ0) is 11.2. The highest BCUT2D eigenvalue weighted by atomic mass is 16.1. The van der Waals surface area contributed by atoms with Gasteiger partial charge in [-0.25, -0.2) is 0 Å². The summed E-state index contributed by atoms with van der Waals surface area (Å²) >= 11 is 0. The zero-order valence-electron chi connectivity index (χ0n) is 9.87. The minimum Gasteiger partial charge on any atom is -0.353 e. The first-order valence-electron chi connectivity index (χ1n) is 6.73. The largest absolute Gasteiger partial charge is 0.353 e. The maximum Gasteiger partial charge on any atom is 0.222 e. The highest BCUT2D eigenvalue weighted by Crippen LogP contribution is 2.44. The summed E-state index contributed by atoms with van der Waals surface area (Å²) in [6.45, 7) is 0. The van der Waals surface area contributed by atoms with E-state index in [2.05, 4.69) is 5.32 Å². The van der Waals surface area contributed by atoms with E-state index in [9.17, 15) is 4.79 Å². The van der Waals surface area contributed by atoms with Crippen LogP contribution in [0.15, 0.2) is 0 Å². The van der Waals surface area contributed by atoms with Crippen LogP contribution >= 0.6 is 0 Å². The highest BCUT2D eigenvalue weighted by molar-refractivity contribution is 5.77. The summed E-state index contributed by atoms with van der Waals surface area (Å²) in [5.74, 6) is 1.86. The topological polar surface area (TPSA) is 55.1 Å². The van der Waals surface area contributed by atoms with Crippen LogP contribution in [0.3, 0.4) is 0 Å². The second-order valence-electron chi connectivity index (χ2n) is 6.24. The fourth-order valence-corrected chi connectivity index (χ4v) is 3.81. The number of carbonyl (C=O) groups is 1. The molecule has 3 unspecified atom stereocenters. The molecule has 3 rings (SSSR count). The van der Waals surface area contributed by atoms with Gasteiger partial charge in [-0.05, 0) is 50.4 Å². The van der Waals surface area contributed by atoms with Gasteiger partial charge in [0.2, 0.25) is 5.91 Å². The van der Waals surface area contributed by atoms with Crippen LogP contribution in [-0.2, 0) is 4.79 Å². The Hall–Kier alpha value is -0.570. The Bertz CT molecular complexity index is 298. The molecule has 0 heterocycles. The smallest absolute Gasteiger partial charge is 0.222 e. The van der Waals surface area contributed by atoms with Crippen molar-refractivity contribution in [1.29, 1.82) is 0 Å². The molecule has 90 valence electrons. The predicted octanol–water partition coefficient (Wildman–Crippen LogP) is 1.56. The van der Waals surface area contributed by atoms with Gasteiger partial charge in [0.25, 0.3) is 0 Å². The van der Waals surface area contributed by atoms with Gasteiger partial charge in [-0.1, -0.05) is 6.42 Å². The van der Waals surface area contributed by atoms with Crippen LogP contribution in [0.2, 0.25) is 0 Å². The molecule has 0 aliphatic heterocycles. The van der Waals surface area contributed by atoms with E-state index in [-0.39, 0.29) is 11.4 Å². The van der Waals surface area contributed by atoms with E-state index in [0.29, 0.717) is 12.5 Å². The van der Waals surface area contributed by atoms with E-state index >= 15 is 0 Å². The van der Waals surface area contributed by atoms with E-state index in [1.54, 1.807) is 0 Å². The van der Waals surface area contributed by atoms with Gasteiger partial charge in [0.1, 0.15) is 0 Å². The molecule has 3 aliphatic rings. The maximum absolute atomic E-state index is 11.9. The third-order valence-corrected chi connectivity index (χ3v) is 4.95. The average Bonchev–Trinajstić information content (AvgIpc) is 2.76. The lowest BCUT2D eigenvalue weighted by molar-refractivity contribution is -0.124. The minimum absolute atomic E-state index is 0.165. The third kappa shape index (κ3) is 1.86. The molecule has 0 saturated heterocycles. The first-order chi connectivity index (χ1) is 7.65. The molecule has 3 heteroatoms. The third-order valence-electron chi connectivity index (χ3n) is 4.95. The van der Waals surface area contributed by atoms with Gasteiger partial charge in [0, 0.05) is 18.0 Å². The van der Waals surface area contributed by atoms with E-state index in [1.807, 2.05) is 0 Å². The van der Waals surface area contributed by atoms with Gasteiger partial charge in [-0.2, -0.15) is 0 Å². The molecule has 0 radical (unpaired) electrons. The molecular weight excluding hydrogens is 200 g/mol. The Morgan fingerprint density at radius 2 is 2.12 bits per heavy atom. The minimum atomic E-state index is -0.165. The van der Waals surface area contributed by atoms with Crippen LogP contribution in [0.5, 0.6) is 0 Å². The summed E-state index contributed by atoms with van der Waals surface area (Å²) in [6, 6.07) is 0.468. The van der Waals surface area contributed by atoms with E-state index < -0.39 is 0 Å². The number of hydrogen-bond acceptors (Lipinski definition) is 2. The van der Waals surface area contributed by atoms with Gasteiger partial charge in [-0.3, -0.25) is 4.79 Å². The molecule has 3 nitrogen and oxygen atoms in total. The van der Waals surface area contributed by atoms with Crippen LogP contribution in [0.4, 0.5) is 0 Å². The Balaban J connectivity index is 1.49. The number of rotatable bonds is 3. The van der Waals surface area contributed by atoms with Crippen molar-refractivity contribution in [3.05, 3.63) is 0 Å². The second kappa shape index (κ2) is 3.73. The van der Waals surface area contributed by atoms with Crippen molar-refractivity contribution in [1.82, 2.24) is 5.32 Å². The Kier molecular flexibility index (Phi) is 2.46. The summed E-state index contributed by atoms with van der Waals surface area (Å²) < 4.78 is 0. The van der Waals surface area contributed by atoms with Gasteiger partial charge >= 0.3 is 0 Å². The standard InChI is InChI=1S/C13H22N2O/c14-13(4-1-5-13)8-12(16)15-11-7-9-2-3-10(11)6-9/h9-11H,1-8,14H2,(H,15,16). The summed E-state index contributed by atoms with van der Waals surface area (Å²) in [5, 5.41) is 3.22. The van der Waals surface area contributed by atoms with Crippen molar-refractivity contribution in [3.63, 3.8) is 0 Å². The lowest BCUT2D eigenvalue weighted by atomic mass is 9.75. The van der Waals surface area contributed by atoms with Crippen LogP contribution in [-0.4, -0.2) is 17.5 Å². The molecular formula is C13H22N2O. The van der Waals surface area contributed by atoms with Crippen LogP contribution < -0.4 is 11.1 Å². The first kappa shape index (κ1) is 10.6. The van der Waals surface area contributed by atoms with Crippen molar-refractivity contribution in [2.45, 2.75) is 62.9 Å². The molecule has 3 saturated carbocycles. The predicted molar refractivity (Wildman–Crippen MR) is 62.8 cm³/mol. The summed E-state index contributed by atoms with van der Waals surface area (Å²) in [7, 11) is 0. The number of nitrogens with two attached hydrogens (primary N) is 1. The number of fused-ring (bicyclic) bond motifs is 2. The molecule has 0 aromatic rings. The first-order valence-corrected chi connectivity index (χ1v) is 6.73. The van der Waals surface area contributed by atoms with Gasteiger partial charge in [-0.15, -0.1) is 0 Å². The monoisotopic (exact) mass is 222 g/mol. The second-order valence-corrected chi connectivity index (χ2v) is 6.24. The highest BCUT2D eigenvalue weighted by Gasteiger charge is 2.41. The van der Waals surface area contributed by atoms with Crippen molar-refractivity contribution in [2.24, 2.45) is 17.6 Å². The van der Waals surface area contributed by atoms with Gasteiger partial charge < -0.3 is 11.1 Å². The molecule has 3 atom stereocenters. The van der Waals surface area contributed by atoms with Crippen molar-refractivity contribution >= 4 is 5.91 Å². The lowest BCUT2D eigenvalue weighted by Gasteiger charge is -2.38. The summed E-state index contributed by atoms with van der Waals surface area (Å²) in [4.78, 5) is 11.9. The fraction of sp³-hybridized carbons (Fsp3) is 0.923. The molecule has 0 aromatic carbocycles. The maximum atomic E-state index is 11.9. The van der Waals surface area contributed by atoms with Crippen molar-refractivity contribution in [3.8, 4) is 0 Å². The van der Waals surface area contributed by atoms with E-state index in [0.717, 1.165) is 24.7 Å². The molecule has 0 spiro atoms. The zero-order valence-corrected chi connectivity index (χ0v) is 9.87. The normalized spacial score (nSPS) is 39.4. The molecule has 3 N–H and O–H groups in total. The Morgan fingerprint density at radius 1 is 1.31 bits per heavy atom. The summed E-state index contributed by atoms with van der Waals surface area (Å²) in [6.07, 6.45) is 9.06. The molecule has 1 amide bonds. The van der Waals surface area contributed by atoms with Crippen LogP contribution in [0, 0.1) is 11.8 Å². The molecule has 3 fully saturated rings. The van der Waals surface area contributed by atoms with Crippen molar-refractivity contribution in [2.75, 3.05) is 0 Å². The Labute approximate surface area is 97.2 Å². The average molecular weight is 222 g/mol. The number of hydrogen-bond donors (Lipinski definition) is 2. The molecule has 0 aromatic heterocycles. The summed E-state index contributed by atoms with van der Waals surface area (Å²) in [5.41, 5.74) is 5.93. The fourth-order valence-electron chi connectivity index (χ4n) is 3.81. The SMILES string of the molecule is NC1(CC(=O)NC2CC3CCC2C3)CCC1. The van der Waals surface area contributed by atoms with Crippen LogP contribution in [0.25, 0.3) is 0 Å². The molecule has 16 heavy (non-hydrogen) atoms. The van der Waals surface area contributed by atoms with Gasteiger partial charge in [0.05, 0.1) is 0 Å². The van der Waals surface area contributed by atoms with Crippen LogP contribution in [0.1, 0.15) is 51.4 Å². The Morgan fingerprint density at radius 3 is 2.62 bits per heavy atom. The van der Waals surface area contributed by atoms with E-state index in [4.69, 9.17) is 5.73 Å². The van der Waals surface area contributed by atoms with Crippen molar-refractivity contribution < 1.29 is 4.79 Å². The number of carbonyl (C=O) groups excluding carboxylic acids is 1. The lowest BCUT2D eigenvalue weighted by Crippen LogP contribution is -2.51. The molecule has 2 bridgehead atoms.